The van der Waals surface area contributed by atoms with Crippen molar-refractivity contribution in [3.05, 3.63) is 34.5 Å². The Hall–Kier alpha value is -2.61. The van der Waals surface area contributed by atoms with Gasteiger partial charge < -0.3 is 16.0 Å². The molecule has 1 saturated heterocycles. The summed E-state index contributed by atoms with van der Waals surface area (Å²) < 4.78 is 30.8. The van der Waals surface area contributed by atoms with Crippen molar-refractivity contribution < 1.29 is 8.42 Å². The number of aromatic nitrogens is 5. The topological polar surface area (TPSA) is 127 Å². The lowest BCUT2D eigenvalue weighted by molar-refractivity contribution is 0.530. The third-order valence-electron chi connectivity index (χ3n) is 6.53. The van der Waals surface area contributed by atoms with Crippen LogP contribution in [-0.4, -0.2) is 75.7 Å². The predicted molar refractivity (Wildman–Crippen MR) is 140 cm³/mol. The average molecular weight is 518 g/mol. The summed E-state index contributed by atoms with van der Waals surface area (Å²) >= 11 is 1.34. The molecule has 0 spiro atoms. The standard InChI is InChI=1S/C22H31N9O2S2/c1-14-8-20(34-22(14)35(32,33)28(2)3)26-19-9-18(30-7-5-6-16(30)10-23)27-21-17(12-25-31(19)21)15-11-24-29(4)13-15/h9,11-13,16,20,26H,5-8,10,23H2,1-4H3/t16-,20?/m1/s1. The molecule has 3 aromatic rings. The number of fused-ring (bicyclic) bond motifs is 1. The van der Waals surface area contributed by atoms with E-state index in [1.807, 2.05) is 26.2 Å². The molecule has 13 heteroatoms. The van der Waals surface area contributed by atoms with Gasteiger partial charge in [-0.05, 0) is 25.3 Å². The molecule has 0 amide bonds. The van der Waals surface area contributed by atoms with Crippen molar-refractivity contribution in [2.45, 2.75) is 37.6 Å². The Bertz CT molecular complexity index is 1390. The van der Waals surface area contributed by atoms with E-state index in [0.717, 1.165) is 53.4 Å². The van der Waals surface area contributed by atoms with Crippen LogP contribution in [0, 0.1) is 0 Å². The second-order valence-corrected chi connectivity index (χ2v) is 12.8. The number of hydrogen-bond acceptors (Lipinski definition) is 9. The van der Waals surface area contributed by atoms with Crippen molar-refractivity contribution in [2.24, 2.45) is 12.8 Å². The number of nitrogens with zero attached hydrogens (tertiary/aromatic N) is 7. The highest BCUT2D eigenvalue weighted by Gasteiger charge is 2.33. The maximum atomic E-state index is 12.8. The van der Waals surface area contributed by atoms with Crippen LogP contribution >= 0.6 is 11.8 Å². The van der Waals surface area contributed by atoms with E-state index < -0.39 is 10.0 Å². The van der Waals surface area contributed by atoms with Crippen LogP contribution in [0.25, 0.3) is 16.8 Å². The molecule has 2 aliphatic rings. The summed E-state index contributed by atoms with van der Waals surface area (Å²) in [5, 5.41) is 12.3. The molecule has 5 rings (SSSR count). The Kier molecular flexibility index (Phi) is 6.28. The van der Waals surface area contributed by atoms with Gasteiger partial charge >= 0.3 is 0 Å². The molecule has 0 saturated carbocycles. The number of anilines is 2. The number of sulfonamides is 1. The van der Waals surface area contributed by atoms with Gasteiger partial charge in [0.1, 0.15) is 15.9 Å². The Labute approximate surface area is 209 Å². The van der Waals surface area contributed by atoms with Crippen LogP contribution in [0.1, 0.15) is 26.2 Å². The smallest absolute Gasteiger partial charge is 0.248 e. The first kappa shape index (κ1) is 24.1. The Morgan fingerprint density at radius 2 is 2.09 bits per heavy atom. The van der Waals surface area contributed by atoms with Crippen molar-refractivity contribution in [1.82, 2.24) is 28.7 Å². The van der Waals surface area contributed by atoms with Crippen LogP contribution in [0.5, 0.6) is 0 Å². The monoisotopic (exact) mass is 517 g/mol. The average Bonchev–Trinajstić information content (AvgIpc) is 3.59. The number of rotatable bonds is 7. The molecule has 11 nitrogen and oxygen atoms in total. The normalized spacial score (nSPS) is 21.1. The predicted octanol–water partition coefficient (Wildman–Crippen LogP) is 2.06. The first-order valence-electron chi connectivity index (χ1n) is 11.6. The second kappa shape index (κ2) is 9.12. The summed E-state index contributed by atoms with van der Waals surface area (Å²) in [4.78, 5) is 7.26. The molecule has 2 atom stereocenters. The number of hydrogen-bond donors (Lipinski definition) is 2. The molecule has 188 valence electrons. The summed E-state index contributed by atoms with van der Waals surface area (Å²) in [6.45, 7) is 3.34. The summed E-state index contributed by atoms with van der Waals surface area (Å²) in [5.41, 5.74) is 9.45. The van der Waals surface area contributed by atoms with Crippen LogP contribution in [0.4, 0.5) is 11.6 Å². The second-order valence-electron chi connectivity index (χ2n) is 9.23. The van der Waals surface area contributed by atoms with E-state index >= 15 is 0 Å². The van der Waals surface area contributed by atoms with Gasteiger partial charge in [0.15, 0.2) is 5.65 Å². The molecule has 0 radical (unpaired) electrons. The number of nitrogens with one attached hydrogen (secondary N) is 1. The zero-order chi connectivity index (χ0) is 24.9. The molecule has 3 N–H and O–H groups in total. The minimum absolute atomic E-state index is 0.145. The minimum Gasteiger partial charge on any atom is -0.357 e. The van der Waals surface area contributed by atoms with E-state index in [2.05, 4.69) is 20.4 Å². The lowest BCUT2D eigenvalue weighted by atomic mass is 10.2. The van der Waals surface area contributed by atoms with Crippen molar-refractivity contribution in [3.8, 4) is 11.1 Å². The fourth-order valence-electron chi connectivity index (χ4n) is 4.67. The van der Waals surface area contributed by atoms with Gasteiger partial charge in [-0.15, -0.1) is 0 Å². The Balaban J connectivity index is 1.54. The SMILES string of the molecule is CC1=C(S(=O)(=O)N(C)C)SC(Nc2cc(N3CCC[C@@H]3CN)nc3c(-c4cnn(C)c4)cnn23)C1. The van der Waals surface area contributed by atoms with E-state index in [9.17, 15) is 8.42 Å². The molecule has 5 heterocycles. The van der Waals surface area contributed by atoms with Gasteiger partial charge in [0, 0.05) is 70.1 Å². The summed E-state index contributed by atoms with van der Waals surface area (Å²) in [6.07, 6.45) is 8.25. The van der Waals surface area contributed by atoms with E-state index in [4.69, 9.17) is 10.7 Å². The van der Waals surface area contributed by atoms with Gasteiger partial charge in [0.2, 0.25) is 10.0 Å². The van der Waals surface area contributed by atoms with Gasteiger partial charge in [-0.2, -0.15) is 14.7 Å². The fraction of sp³-hybridized carbons (Fsp3) is 0.500. The Morgan fingerprint density at radius 1 is 1.29 bits per heavy atom. The number of nitrogens with two attached hydrogens (primary N) is 1. The lowest BCUT2D eigenvalue weighted by Crippen LogP contribution is -2.36. The van der Waals surface area contributed by atoms with Gasteiger partial charge in [0.25, 0.3) is 0 Å². The minimum atomic E-state index is -3.49. The molecular formula is C22H31N9O2S2. The molecule has 2 aliphatic heterocycles. The first-order valence-corrected chi connectivity index (χ1v) is 13.9. The molecule has 1 unspecified atom stereocenters. The molecule has 0 bridgehead atoms. The van der Waals surface area contributed by atoms with Crippen LogP contribution in [-0.2, 0) is 17.1 Å². The van der Waals surface area contributed by atoms with E-state index in [0.29, 0.717) is 17.2 Å². The molecule has 0 aromatic carbocycles. The van der Waals surface area contributed by atoms with Gasteiger partial charge in [-0.25, -0.2) is 17.7 Å². The van der Waals surface area contributed by atoms with Crippen LogP contribution < -0.4 is 16.0 Å². The molecule has 3 aromatic heterocycles. The fourth-order valence-corrected chi connectivity index (χ4v) is 7.86. The lowest BCUT2D eigenvalue weighted by Gasteiger charge is -2.26. The van der Waals surface area contributed by atoms with Crippen molar-refractivity contribution in [1.29, 1.82) is 0 Å². The summed E-state index contributed by atoms with van der Waals surface area (Å²) in [6, 6.07) is 2.24. The third-order valence-corrected chi connectivity index (χ3v) is 10.4. The van der Waals surface area contributed by atoms with E-state index in [1.54, 1.807) is 35.7 Å². The largest absolute Gasteiger partial charge is 0.357 e. The van der Waals surface area contributed by atoms with Crippen LogP contribution in [0.3, 0.4) is 0 Å². The van der Waals surface area contributed by atoms with Gasteiger partial charge in [-0.3, -0.25) is 4.68 Å². The van der Waals surface area contributed by atoms with Crippen LogP contribution in [0.15, 0.2) is 34.5 Å². The zero-order valence-electron chi connectivity index (χ0n) is 20.3. The van der Waals surface area contributed by atoms with Gasteiger partial charge in [-0.1, -0.05) is 11.8 Å². The third kappa shape index (κ3) is 4.30. The highest BCUT2D eigenvalue weighted by Crippen LogP contribution is 2.42. The first-order chi connectivity index (χ1) is 16.7. The van der Waals surface area contributed by atoms with Crippen molar-refractivity contribution in [3.63, 3.8) is 0 Å². The van der Waals surface area contributed by atoms with E-state index in [-0.39, 0.29) is 11.4 Å². The molecule has 1 fully saturated rings. The highest BCUT2D eigenvalue weighted by molar-refractivity contribution is 8.18. The summed E-state index contributed by atoms with van der Waals surface area (Å²) in [5.74, 6) is 1.60. The maximum absolute atomic E-state index is 12.8. The summed E-state index contributed by atoms with van der Waals surface area (Å²) in [7, 11) is 1.51. The highest BCUT2D eigenvalue weighted by atomic mass is 32.3. The zero-order valence-corrected chi connectivity index (χ0v) is 22.0. The van der Waals surface area contributed by atoms with Crippen molar-refractivity contribution >= 4 is 39.1 Å². The van der Waals surface area contributed by atoms with Crippen molar-refractivity contribution in [2.75, 3.05) is 37.4 Å². The van der Waals surface area contributed by atoms with Crippen LogP contribution in [0.2, 0.25) is 0 Å². The molecule has 0 aliphatic carbocycles. The van der Waals surface area contributed by atoms with E-state index in [1.165, 1.54) is 16.1 Å². The molecular weight excluding hydrogens is 486 g/mol. The number of thioether (sulfide) groups is 1. The van der Waals surface area contributed by atoms with Gasteiger partial charge in [0.05, 0.1) is 17.8 Å². The Morgan fingerprint density at radius 3 is 2.77 bits per heavy atom. The quantitative estimate of drug-likeness (QED) is 0.484. The number of aryl methyl sites for hydroxylation is 1. The molecule has 35 heavy (non-hydrogen) atoms. The maximum Gasteiger partial charge on any atom is 0.248 e.